The van der Waals surface area contributed by atoms with Gasteiger partial charge in [0.05, 0.1) is 25.1 Å². The number of rotatable bonds is 5. The minimum absolute atomic E-state index is 0.1000. The number of carbonyl (C=O) groups excluding carboxylic acids is 1. The number of aromatic nitrogens is 5. The second-order valence-electron chi connectivity index (χ2n) is 3.71. The van der Waals surface area contributed by atoms with Crippen molar-refractivity contribution in [2.75, 3.05) is 0 Å². The van der Waals surface area contributed by atoms with Gasteiger partial charge in [-0.05, 0) is 0 Å². The molecule has 0 bridgehead atoms. The average molecular weight is 297 g/mol. The quantitative estimate of drug-likeness (QED) is 0.779. The number of carboxylic acids is 1. The van der Waals surface area contributed by atoms with Gasteiger partial charge in [-0.15, -0.1) is 5.10 Å². The van der Waals surface area contributed by atoms with Crippen LogP contribution in [0, 0.1) is 0 Å². The Hall–Kier alpha value is -2.55. The molecule has 2 N–H and O–H groups in total. The lowest BCUT2D eigenvalue weighted by molar-refractivity contribution is -0.137. The lowest BCUT2D eigenvalue weighted by Crippen LogP contribution is -2.24. The molecule has 10 heteroatoms. The molecule has 0 saturated heterocycles. The average Bonchev–Trinajstić information content (AvgIpc) is 2.83. The first-order chi connectivity index (χ1) is 9.54. The van der Waals surface area contributed by atoms with E-state index in [1.54, 1.807) is 0 Å². The summed E-state index contributed by atoms with van der Waals surface area (Å²) >= 11 is 5.56. The number of nitrogens with zero attached hydrogens (tertiary/aromatic N) is 5. The molecule has 0 aliphatic carbocycles. The molecule has 1 amide bonds. The molecule has 0 aromatic carbocycles. The Morgan fingerprint density at radius 2 is 2.15 bits per heavy atom. The molecule has 104 valence electrons. The molecule has 0 aliphatic rings. The van der Waals surface area contributed by atoms with Crippen LogP contribution in [-0.4, -0.2) is 41.9 Å². The molecular weight excluding hydrogens is 288 g/mol. The van der Waals surface area contributed by atoms with Crippen LogP contribution >= 0.6 is 11.6 Å². The monoisotopic (exact) mass is 296 g/mol. The summed E-state index contributed by atoms with van der Waals surface area (Å²) in [6, 6.07) is 0. The van der Waals surface area contributed by atoms with E-state index in [-0.39, 0.29) is 23.9 Å². The van der Waals surface area contributed by atoms with Gasteiger partial charge in [0.2, 0.25) is 0 Å². The maximum atomic E-state index is 11.7. The smallest absolute Gasteiger partial charge is 0.325 e. The first kappa shape index (κ1) is 13.9. The van der Waals surface area contributed by atoms with Crippen LogP contribution in [0.25, 0.3) is 0 Å². The molecule has 2 rings (SSSR count). The van der Waals surface area contributed by atoms with E-state index in [1.807, 2.05) is 0 Å². The van der Waals surface area contributed by atoms with E-state index in [0.29, 0.717) is 5.69 Å². The number of carbonyl (C=O) groups is 2. The number of amides is 1. The highest BCUT2D eigenvalue weighted by atomic mass is 35.5. The van der Waals surface area contributed by atoms with E-state index in [1.165, 1.54) is 18.6 Å². The Morgan fingerprint density at radius 1 is 1.35 bits per heavy atom. The predicted octanol–water partition coefficient (Wildman–Crippen LogP) is -0.264. The molecule has 0 spiro atoms. The summed E-state index contributed by atoms with van der Waals surface area (Å²) in [6.45, 7) is -0.188. The molecule has 2 aromatic heterocycles. The Kier molecular flexibility index (Phi) is 4.20. The minimum atomic E-state index is -1.03. The molecule has 0 radical (unpaired) electrons. The Balaban J connectivity index is 1.91. The fraction of sp³-hybridized carbons (Fsp3) is 0.200. The highest BCUT2D eigenvalue weighted by Crippen LogP contribution is 2.01. The van der Waals surface area contributed by atoms with Gasteiger partial charge in [-0.3, -0.25) is 9.59 Å². The van der Waals surface area contributed by atoms with E-state index >= 15 is 0 Å². The van der Waals surface area contributed by atoms with E-state index in [4.69, 9.17) is 16.7 Å². The van der Waals surface area contributed by atoms with Gasteiger partial charge in [-0.25, -0.2) is 14.6 Å². The van der Waals surface area contributed by atoms with Crippen LogP contribution in [0.5, 0.6) is 0 Å². The number of aliphatic carboxylic acids is 1. The fourth-order valence-electron chi connectivity index (χ4n) is 1.33. The Bertz CT molecular complexity index is 626. The number of carboxylic acid groups (broad SMARTS) is 1. The molecule has 20 heavy (non-hydrogen) atoms. The van der Waals surface area contributed by atoms with Gasteiger partial charge in [0.25, 0.3) is 5.91 Å². The van der Waals surface area contributed by atoms with Crippen LogP contribution < -0.4 is 5.32 Å². The third-order valence-electron chi connectivity index (χ3n) is 2.17. The normalized spacial score (nSPS) is 10.2. The SMILES string of the molecule is O=C(O)Cn1cc(CNC(=O)c2cnc(Cl)cn2)nn1. The zero-order chi connectivity index (χ0) is 14.5. The molecule has 0 fully saturated rings. The zero-order valence-electron chi connectivity index (χ0n) is 10.0. The van der Waals surface area contributed by atoms with E-state index < -0.39 is 11.9 Å². The van der Waals surface area contributed by atoms with Gasteiger partial charge in [0, 0.05) is 0 Å². The Labute approximate surface area is 117 Å². The topological polar surface area (TPSA) is 123 Å². The molecule has 0 aliphatic heterocycles. The second-order valence-corrected chi connectivity index (χ2v) is 4.10. The summed E-state index contributed by atoms with van der Waals surface area (Å²) in [5, 5.41) is 18.7. The van der Waals surface area contributed by atoms with Crippen LogP contribution in [0.1, 0.15) is 16.2 Å². The van der Waals surface area contributed by atoms with Crippen LogP contribution in [-0.2, 0) is 17.9 Å². The largest absolute Gasteiger partial charge is 0.480 e. The van der Waals surface area contributed by atoms with Gasteiger partial charge < -0.3 is 10.4 Å². The number of hydrogen-bond acceptors (Lipinski definition) is 6. The molecule has 0 saturated carbocycles. The van der Waals surface area contributed by atoms with Gasteiger partial charge in [-0.1, -0.05) is 16.8 Å². The van der Waals surface area contributed by atoms with Gasteiger partial charge >= 0.3 is 5.97 Å². The predicted molar refractivity (Wildman–Crippen MR) is 65.9 cm³/mol. The fourth-order valence-corrected chi connectivity index (χ4v) is 1.42. The first-order valence-electron chi connectivity index (χ1n) is 5.41. The summed E-state index contributed by atoms with van der Waals surface area (Å²) in [7, 11) is 0. The summed E-state index contributed by atoms with van der Waals surface area (Å²) in [5.74, 6) is -1.47. The number of halogens is 1. The number of hydrogen-bond donors (Lipinski definition) is 2. The van der Waals surface area contributed by atoms with Crippen molar-refractivity contribution in [2.45, 2.75) is 13.1 Å². The zero-order valence-corrected chi connectivity index (χ0v) is 10.8. The van der Waals surface area contributed by atoms with Crippen molar-refractivity contribution < 1.29 is 14.7 Å². The van der Waals surface area contributed by atoms with E-state index in [0.717, 1.165) is 4.68 Å². The summed E-state index contributed by atoms with van der Waals surface area (Å²) < 4.78 is 1.16. The molecule has 0 unspecified atom stereocenters. The van der Waals surface area contributed by atoms with E-state index in [9.17, 15) is 9.59 Å². The molecule has 0 atom stereocenters. The van der Waals surface area contributed by atoms with Crippen molar-refractivity contribution in [1.82, 2.24) is 30.3 Å². The molecule has 2 heterocycles. The molecule has 9 nitrogen and oxygen atoms in total. The van der Waals surface area contributed by atoms with Crippen molar-refractivity contribution in [1.29, 1.82) is 0 Å². The molecule has 2 aromatic rings. The third-order valence-corrected chi connectivity index (χ3v) is 2.36. The van der Waals surface area contributed by atoms with Crippen molar-refractivity contribution in [3.8, 4) is 0 Å². The maximum Gasteiger partial charge on any atom is 0.325 e. The second kappa shape index (κ2) is 6.06. The van der Waals surface area contributed by atoms with Crippen molar-refractivity contribution in [2.24, 2.45) is 0 Å². The first-order valence-corrected chi connectivity index (χ1v) is 5.79. The number of nitrogens with one attached hydrogen (secondary N) is 1. The summed E-state index contributed by atoms with van der Waals surface area (Å²) in [6.07, 6.45) is 3.94. The highest BCUT2D eigenvalue weighted by molar-refractivity contribution is 6.29. The Morgan fingerprint density at radius 3 is 2.80 bits per heavy atom. The van der Waals surface area contributed by atoms with Gasteiger partial charge in [0.1, 0.15) is 23.1 Å². The maximum absolute atomic E-state index is 11.7. The van der Waals surface area contributed by atoms with Gasteiger partial charge in [0.15, 0.2) is 0 Å². The van der Waals surface area contributed by atoms with Crippen LogP contribution in [0.15, 0.2) is 18.6 Å². The van der Waals surface area contributed by atoms with Crippen LogP contribution in [0.2, 0.25) is 5.15 Å². The van der Waals surface area contributed by atoms with Crippen molar-refractivity contribution >= 4 is 23.5 Å². The third kappa shape index (κ3) is 3.72. The van der Waals surface area contributed by atoms with Crippen LogP contribution in [0.4, 0.5) is 0 Å². The highest BCUT2D eigenvalue weighted by Gasteiger charge is 2.09. The van der Waals surface area contributed by atoms with E-state index in [2.05, 4.69) is 25.6 Å². The lowest BCUT2D eigenvalue weighted by atomic mass is 10.4. The van der Waals surface area contributed by atoms with Crippen LogP contribution in [0.3, 0.4) is 0 Å². The van der Waals surface area contributed by atoms with Crippen molar-refractivity contribution in [3.05, 3.63) is 35.1 Å². The summed E-state index contributed by atoms with van der Waals surface area (Å²) in [5.41, 5.74) is 0.550. The lowest BCUT2D eigenvalue weighted by Gasteiger charge is -2.01. The standard InChI is InChI=1S/C10H9ClN6O3/c11-8-3-12-7(2-13-8)10(20)14-1-6-4-17(16-15-6)5-9(18)19/h2-4H,1,5H2,(H,14,20)(H,18,19). The van der Waals surface area contributed by atoms with Gasteiger partial charge in [-0.2, -0.15) is 0 Å². The molecular formula is C10H9ClN6O3. The van der Waals surface area contributed by atoms with Crippen molar-refractivity contribution in [3.63, 3.8) is 0 Å². The summed E-state index contributed by atoms with van der Waals surface area (Å²) in [4.78, 5) is 29.7. The minimum Gasteiger partial charge on any atom is -0.480 e.